The van der Waals surface area contributed by atoms with E-state index in [1.807, 2.05) is 27.7 Å². The Balaban J connectivity index is 0.000000847. The van der Waals surface area contributed by atoms with E-state index in [-0.39, 0.29) is 0 Å². The van der Waals surface area contributed by atoms with Gasteiger partial charge in [0.25, 0.3) is 0 Å². The van der Waals surface area contributed by atoms with Gasteiger partial charge >= 0.3 is 0 Å². The Morgan fingerprint density at radius 2 is 0.548 bits per heavy atom. The Morgan fingerprint density at radius 1 is 0.310 bits per heavy atom. The van der Waals surface area contributed by atoms with Crippen LogP contribution in [-0.4, -0.2) is 0 Å². The zero-order chi connectivity index (χ0) is 30.9. The molecule has 0 fully saturated rings. The van der Waals surface area contributed by atoms with E-state index >= 15 is 0 Å². The van der Waals surface area contributed by atoms with Crippen molar-refractivity contribution in [1.29, 1.82) is 0 Å². The molecule has 0 N–H and O–H groups in total. The number of fused-ring (bicyclic) bond motifs is 9. The van der Waals surface area contributed by atoms with Crippen molar-refractivity contribution in [3.8, 4) is 0 Å². The van der Waals surface area contributed by atoms with Crippen molar-refractivity contribution in [1.82, 2.24) is 0 Å². The van der Waals surface area contributed by atoms with Crippen LogP contribution in [0, 0.1) is 69.2 Å². The van der Waals surface area contributed by atoms with Gasteiger partial charge in [-0.15, -0.1) is 0 Å². The van der Waals surface area contributed by atoms with E-state index in [1.54, 1.807) is 0 Å². The van der Waals surface area contributed by atoms with Gasteiger partial charge in [0.15, 0.2) is 0 Å². The first-order valence-corrected chi connectivity index (χ1v) is 16.3. The van der Waals surface area contributed by atoms with Gasteiger partial charge in [-0.2, -0.15) is 0 Å². The molecule has 7 rings (SSSR count). The SMILES string of the molecule is CC.CC.Cc1c2c(c(C)c3c1c(C)c(C)c1c3c(C)c(C)c3c4c(C)c5c(c(C)c4c(C)c(C)c31)CC=C5)C=CC2. The molecule has 218 valence electrons. The maximum absolute atomic E-state index is 2.39. The van der Waals surface area contributed by atoms with Crippen molar-refractivity contribution in [2.75, 3.05) is 0 Å². The third-order valence-electron chi connectivity index (χ3n) is 10.8. The summed E-state index contributed by atoms with van der Waals surface area (Å²) in [5, 5.41) is 11.9. The van der Waals surface area contributed by atoms with Gasteiger partial charge in [0.1, 0.15) is 0 Å². The molecule has 0 heteroatoms. The molecule has 0 bridgehead atoms. The zero-order valence-corrected chi connectivity index (χ0v) is 28.7. The van der Waals surface area contributed by atoms with E-state index < -0.39 is 0 Å². The summed E-state index contributed by atoms with van der Waals surface area (Å²) in [6.07, 6.45) is 11.5. The molecule has 42 heavy (non-hydrogen) atoms. The molecule has 5 aromatic rings. The number of rotatable bonds is 0. The van der Waals surface area contributed by atoms with Crippen LogP contribution in [0.2, 0.25) is 0 Å². The number of hydrogen-bond acceptors (Lipinski definition) is 0. The molecule has 0 nitrogen and oxygen atoms in total. The quantitative estimate of drug-likeness (QED) is 0.167. The van der Waals surface area contributed by atoms with Crippen LogP contribution in [-0.2, 0) is 12.8 Å². The third-order valence-corrected chi connectivity index (χ3v) is 10.8. The fourth-order valence-electron chi connectivity index (χ4n) is 8.43. The minimum absolute atomic E-state index is 1.06. The molecule has 0 aliphatic heterocycles. The van der Waals surface area contributed by atoms with Gasteiger partial charge in [0, 0.05) is 0 Å². The summed E-state index contributed by atoms with van der Waals surface area (Å²) >= 11 is 0. The van der Waals surface area contributed by atoms with E-state index in [0.29, 0.717) is 0 Å². The van der Waals surface area contributed by atoms with E-state index in [2.05, 4.69) is 93.5 Å². The predicted octanol–water partition coefficient (Wildman–Crippen LogP) is 12.6. The largest absolute Gasteiger partial charge is 0.0795 e. The van der Waals surface area contributed by atoms with Crippen LogP contribution >= 0.6 is 0 Å². The summed E-state index contributed by atoms with van der Waals surface area (Å²) < 4.78 is 0. The monoisotopic (exact) mass is 554 g/mol. The molecule has 0 unspecified atom stereocenters. The number of benzene rings is 5. The topological polar surface area (TPSA) is 0 Å². The summed E-state index contributed by atoms with van der Waals surface area (Å²) in [4.78, 5) is 0. The molecule has 0 aromatic heterocycles. The minimum atomic E-state index is 1.06. The standard InChI is InChI=1S/C38H38.2C2H6/c1-17-19(3)33-34-20(4)18(2)32-24(8)28-14-12-16-30(28)26(10)38(32)36(34)22(6)21(5)35(33)37-25(9)29-15-11-13-27(29)23(7)31(17)37;2*1-2/h11-12,15-16H,13-14H2,1-10H3;2*1-2H3. The second kappa shape index (κ2) is 10.7. The van der Waals surface area contributed by atoms with Crippen LogP contribution in [0.4, 0.5) is 0 Å². The van der Waals surface area contributed by atoms with Crippen LogP contribution in [0.25, 0.3) is 55.2 Å². The van der Waals surface area contributed by atoms with Crippen LogP contribution < -0.4 is 0 Å². The van der Waals surface area contributed by atoms with Crippen molar-refractivity contribution in [2.45, 2.75) is 110 Å². The molecule has 0 atom stereocenters. The molecule has 0 saturated carbocycles. The zero-order valence-electron chi connectivity index (χ0n) is 28.7. The maximum atomic E-state index is 2.39. The Hall–Kier alpha value is -3.38. The number of hydrogen-bond donors (Lipinski definition) is 0. The van der Waals surface area contributed by atoms with E-state index in [0.717, 1.165) is 12.8 Å². The Bertz CT molecular complexity index is 1890. The van der Waals surface area contributed by atoms with Gasteiger partial charge in [0.2, 0.25) is 0 Å². The molecule has 0 saturated heterocycles. The highest BCUT2D eigenvalue weighted by Gasteiger charge is 2.27. The van der Waals surface area contributed by atoms with Gasteiger partial charge in [0.05, 0.1) is 0 Å². The first-order chi connectivity index (χ1) is 20.1. The normalized spacial score (nSPS) is 13.1. The lowest BCUT2D eigenvalue weighted by Gasteiger charge is -2.27. The van der Waals surface area contributed by atoms with Gasteiger partial charge < -0.3 is 0 Å². The summed E-state index contributed by atoms with van der Waals surface area (Å²) in [5.41, 5.74) is 20.5. The van der Waals surface area contributed by atoms with Gasteiger partial charge in [-0.25, -0.2) is 0 Å². The average Bonchev–Trinajstić information content (AvgIpc) is 3.69. The molecule has 0 radical (unpaired) electrons. The lowest BCUT2D eigenvalue weighted by Crippen LogP contribution is -2.04. The Morgan fingerprint density at radius 3 is 0.833 bits per heavy atom. The van der Waals surface area contributed by atoms with Crippen molar-refractivity contribution in [3.05, 3.63) is 90.0 Å². The van der Waals surface area contributed by atoms with Crippen molar-refractivity contribution in [2.24, 2.45) is 0 Å². The first kappa shape index (κ1) is 30.1. The highest BCUT2D eigenvalue weighted by Crippen LogP contribution is 2.50. The van der Waals surface area contributed by atoms with Crippen LogP contribution in [0.1, 0.15) is 106 Å². The summed E-state index contributed by atoms with van der Waals surface area (Å²) in [7, 11) is 0. The highest BCUT2D eigenvalue weighted by atomic mass is 14.3. The fourth-order valence-corrected chi connectivity index (χ4v) is 8.43. The first-order valence-electron chi connectivity index (χ1n) is 16.3. The van der Waals surface area contributed by atoms with Crippen molar-refractivity contribution >= 4 is 55.2 Å². The average molecular weight is 555 g/mol. The second-order valence-corrected chi connectivity index (χ2v) is 12.2. The van der Waals surface area contributed by atoms with Crippen LogP contribution in [0.15, 0.2) is 12.2 Å². The predicted molar refractivity (Wildman–Crippen MR) is 192 cm³/mol. The van der Waals surface area contributed by atoms with Crippen LogP contribution in [0.3, 0.4) is 0 Å². The van der Waals surface area contributed by atoms with Gasteiger partial charge in [-0.1, -0.05) is 52.0 Å². The fraction of sp³-hybridized carbons (Fsp3) is 0.381. The van der Waals surface area contributed by atoms with Crippen LogP contribution in [0.5, 0.6) is 0 Å². The molecule has 2 aliphatic carbocycles. The molecule has 2 aliphatic rings. The molecule has 0 heterocycles. The van der Waals surface area contributed by atoms with Gasteiger partial charge in [-0.3, -0.25) is 0 Å². The van der Waals surface area contributed by atoms with E-state index in [1.165, 1.54) is 121 Å². The molecule has 5 aromatic carbocycles. The smallest absolute Gasteiger partial charge is 0.00610 e. The molecular weight excluding hydrogens is 504 g/mol. The number of aryl methyl sites for hydroxylation is 10. The lowest BCUT2D eigenvalue weighted by molar-refractivity contribution is 1.24. The van der Waals surface area contributed by atoms with E-state index in [9.17, 15) is 0 Å². The lowest BCUT2D eigenvalue weighted by atomic mass is 9.77. The summed E-state index contributed by atoms with van der Waals surface area (Å²) in [6, 6.07) is 0. The molecule has 0 spiro atoms. The van der Waals surface area contributed by atoms with Gasteiger partial charge in [-0.05, 0) is 203 Å². The number of allylic oxidation sites excluding steroid dienone is 2. The summed E-state index contributed by atoms with van der Waals surface area (Å²) in [5.74, 6) is 0. The minimum Gasteiger partial charge on any atom is -0.0795 e. The Labute approximate surface area is 254 Å². The summed E-state index contributed by atoms with van der Waals surface area (Å²) in [6.45, 7) is 31.7. The Kier molecular flexibility index (Phi) is 7.68. The van der Waals surface area contributed by atoms with Crippen molar-refractivity contribution < 1.29 is 0 Å². The van der Waals surface area contributed by atoms with E-state index in [4.69, 9.17) is 0 Å². The third kappa shape index (κ3) is 3.66. The highest BCUT2D eigenvalue weighted by molar-refractivity contribution is 6.29. The molecule has 0 amide bonds. The molecular formula is C42H50. The second-order valence-electron chi connectivity index (χ2n) is 12.2. The van der Waals surface area contributed by atoms with Crippen molar-refractivity contribution in [3.63, 3.8) is 0 Å². The maximum Gasteiger partial charge on any atom is -0.00610 e.